The zero-order valence-electron chi connectivity index (χ0n) is 14.9. The van der Waals surface area contributed by atoms with Gasteiger partial charge in [0.15, 0.2) is 5.82 Å². The second kappa shape index (κ2) is 9.81. The van der Waals surface area contributed by atoms with E-state index >= 15 is 0 Å². The predicted molar refractivity (Wildman–Crippen MR) is 97.5 cm³/mol. The molecule has 0 unspecified atom stereocenters. The van der Waals surface area contributed by atoms with Crippen molar-refractivity contribution in [3.8, 4) is 0 Å². The van der Waals surface area contributed by atoms with Gasteiger partial charge in [0.25, 0.3) is 0 Å². The van der Waals surface area contributed by atoms with E-state index in [1.165, 1.54) is 0 Å². The van der Waals surface area contributed by atoms with Crippen molar-refractivity contribution >= 4 is 12.1 Å². The van der Waals surface area contributed by atoms with E-state index in [0.29, 0.717) is 0 Å². The Balaban J connectivity index is 1.53. The summed E-state index contributed by atoms with van der Waals surface area (Å²) in [5.41, 5.74) is 1.71. The number of hydrogen-bond acceptors (Lipinski definition) is 7. The van der Waals surface area contributed by atoms with Crippen LogP contribution in [0.3, 0.4) is 0 Å². The number of alkyl carbamates (subject to hydrolysis) is 1. The van der Waals surface area contributed by atoms with E-state index in [9.17, 15) is 9.59 Å². The maximum atomic E-state index is 12.2. The van der Waals surface area contributed by atoms with Crippen LogP contribution in [0, 0.1) is 0 Å². The molecule has 0 radical (unpaired) electrons. The number of aromatic amines is 1. The molecule has 9 nitrogen and oxygen atoms in total. The molecule has 1 atom stereocenters. The number of esters is 1. The molecule has 1 heterocycles. The van der Waals surface area contributed by atoms with E-state index in [-0.39, 0.29) is 25.5 Å². The summed E-state index contributed by atoms with van der Waals surface area (Å²) < 4.78 is 10.4. The summed E-state index contributed by atoms with van der Waals surface area (Å²) in [5.74, 6) is -0.352. The number of benzene rings is 2. The maximum absolute atomic E-state index is 12.2. The molecule has 0 saturated heterocycles. The summed E-state index contributed by atoms with van der Waals surface area (Å²) in [6.07, 6.45) is -0.859. The SMILES string of the molecule is O=C(C[C@@H](NC(=O)OCc1ccccc1)c1nn[nH]n1)OCc1ccccc1. The quantitative estimate of drug-likeness (QED) is 0.575. The minimum Gasteiger partial charge on any atom is -0.461 e. The average molecular weight is 381 g/mol. The lowest BCUT2D eigenvalue weighted by molar-refractivity contribution is -0.145. The van der Waals surface area contributed by atoms with Gasteiger partial charge in [-0.25, -0.2) is 4.79 Å². The third-order valence-corrected chi connectivity index (χ3v) is 3.79. The summed E-state index contributed by atoms with van der Waals surface area (Å²) >= 11 is 0. The monoisotopic (exact) mass is 381 g/mol. The molecule has 0 aliphatic carbocycles. The molecule has 0 aliphatic rings. The molecule has 2 N–H and O–H groups in total. The van der Waals surface area contributed by atoms with E-state index in [0.717, 1.165) is 11.1 Å². The standard InChI is InChI=1S/C19H19N5O4/c25-17(27-12-14-7-3-1-4-8-14)11-16(18-21-23-24-22-18)20-19(26)28-13-15-9-5-2-6-10-15/h1-10,16H,11-13H2,(H,20,26)(H,21,22,23,24)/t16-/m1/s1. The molecular weight excluding hydrogens is 362 g/mol. The van der Waals surface area contributed by atoms with Crippen LogP contribution in [-0.2, 0) is 27.5 Å². The predicted octanol–water partition coefficient (Wildman–Crippen LogP) is 2.30. The normalized spacial score (nSPS) is 11.4. The fourth-order valence-electron chi connectivity index (χ4n) is 2.39. The number of H-pyrrole nitrogens is 1. The zero-order chi connectivity index (χ0) is 19.6. The molecule has 3 aromatic rings. The topological polar surface area (TPSA) is 119 Å². The second-order valence-corrected chi connectivity index (χ2v) is 5.88. The van der Waals surface area contributed by atoms with Gasteiger partial charge in [-0.2, -0.15) is 5.21 Å². The Bertz CT molecular complexity index is 814. The van der Waals surface area contributed by atoms with E-state index in [1.54, 1.807) is 0 Å². The molecule has 144 valence electrons. The number of carbonyl (C=O) groups excluding carboxylic acids is 2. The van der Waals surface area contributed by atoms with Crippen LogP contribution >= 0.6 is 0 Å². The molecule has 3 rings (SSSR count). The van der Waals surface area contributed by atoms with Crippen LogP contribution in [-0.4, -0.2) is 32.7 Å². The van der Waals surface area contributed by atoms with Crippen LogP contribution in [0.15, 0.2) is 60.7 Å². The van der Waals surface area contributed by atoms with Crippen molar-refractivity contribution in [2.75, 3.05) is 0 Å². The van der Waals surface area contributed by atoms with Gasteiger partial charge in [-0.15, -0.1) is 10.2 Å². The van der Waals surface area contributed by atoms with E-state index < -0.39 is 18.1 Å². The summed E-state index contributed by atoms with van der Waals surface area (Å²) in [5, 5.41) is 16.0. The molecule has 1 amide bonds. The minimum absolute atomic E-state index is 0.101. The highest BCUT2D eigenvalue weighted by molar-refractivity contribution is 5.73. The number of carbonyl (C=O) groups is 2. The number of rotatable bonds is 8. The van der Waals surface area contributed by atoms with Crippen molar-refractivity contribution in [2.24, 2.45) is 0 Å². The highest BCUT2D eigenvalue weighted by Gasteiger charge is 2.24. The summed E-state index contributed by atoms with van der Waals surface area (Å²) in [6.45, 7) is 0.237. The van der Waals surface area contributed by atoms with Crippen LogP contribution < -0.4 is 5.32 Å². The number of amides is 1. The van der Waals surface area contributed by atoms with Gasteiger partial charge >= 0.3 is 12.1 Å². The Hall–Kier alpha value is -3.75. The Morgan fingerprint density at radius 2 is 1.54 bits per heavy atom. The number of tetrazole rings is 1. The van der Waals surface area contributed by atoms with Gasteiger partial charge in [-0.3, -0.25) is 4.79 Å². The molecule has 9 heteroatoms. The molecular formula is C19H19N5O4. The smallest absolute Gasteiger partial charge is 0.408 e. The van der Waals surface area contributed by atoms with Gasteiger partial charge in [-0.1, -0.05) is 65.9 Å². The van der Waals surface area contributed by atoms with Gasteiger partial charge in [0.2, 0.25) is 0 Å². The van der Waals surface area contributed by atoms with Crippen molar-refractivity contribution in [1.29, 1.82) is 0 Å². The molecule has 0 saturated carbocycles. The van der Waals surface area contributed by atoms with Gasteiger partial charge in [0.05, 0.1) is 6.42 Å². The van der Waals surface area contributed by atoms with Crippen LogP contribution in [0.25, 0.3) is 0 Å². The Morgan fingerprint density at radius 1 is 0.929 bits per heavy atom. The van der Waals surface area contributed by atoms with Gasteiger partial charge in [0.1, 0.15) is 19.3 Å². The first-order chi connectivity index (χ1) is 13.7. The first-order valence-electron chi connectivity index (χ1n) is 8.61. The van der Waals surface area contributed by atoms with E-state index in [1.807, 2.05) is 60.7 Å². The number of aromatic nitrogens is 4. The maximum Gasteiger partial charge on any atom is 0.408 e. The fraction of sp³-hybridized carbons (Fsp3) is 0.211. The Kier molecular flexibility index (Phi) is 6.67. The number of hydrogen-bond donors (Lipinski definition) is 2. The number of nitrogens with one attached hydrogen (secondary N) is 2. The summed E-state index contributed by atoms with van der Waals surface area (Å²) in [7, 11) is 0. The van der Waals surface area contributed by atoms with Crippen LogP contribution in [0.4, 0.5) is 4.79 Å². The van der Waals surface area contributed by atoms with Crippen LogP contribution in [0.1, 0.15) is 29.4 Å². The van der Waals surface area contributed by atoms with E-state index in [2.05, 4.69) is 25.9 Å². The Labute approximate surface area is 161 Å². The van der Waals surface area contributed by atoms with Crippen LogP contribution in [0.5, 0.6) is 0 Å². The van der Waals surface area contributed by atoms with Gasteiger partial charge in [0, 0.05) is 0 Å². The van der Waals surface area contributed by atoms with Gasteiger partial charge in [-0.05, 0) is 11.1 Å². The molecule has 0 bridgehead atoms. The Morgan fingerprint density at radius 3 is 2.11 bits per heavy atom. The highest BCUT2D eigenvalue weighted by atomic mass is 16.5. The van der Waals surface area contributed by atoms with Crippen molar-refractivity contribution in [3.63, 3.8) is 0 Å². The first-order valence-corrected chi connectivity index (χ1v) is 8.61. The molecule has 1 aromatic heterocycles. The molecule has 0 fully saturated rings. The number of nitrogens with zero attached hydrogens (tertiary/aromatic N) is 3. The summed E-state index contributed by atoms with van der Waals surface area (Å²) in [4.78, 5) is 24.3. The van der Waals surface area contributed by atoms with Crippen LogP contribution in [0.2, 0.25) is 0 Å². The lowest BCUT2D eigenvalue weighted by Crippen LogP contribution is -2.31. The zero-order valence-corrected chi connectivity index (χ0v) is 14.9. The molecule has 28 heavy (non-hydrogen) atoms. The van der Waals surface area contributed by atoms with Crippen molar-refractivity contribution < 1.29 is 19.1 Å². The summed E-state index contributed by atoms with van der Waals surface area (Å²) in [6, 6.07) is 17.7. The lowest BCUT2D eigenvalue weighted by Gasteiger charge is -2.15. The molecule has 0 spiro atoms. The van der Waals surface area contributed by atoms with E-state index in [4.69, 9.17) is 9.47 Å². The van der Waals surface area contributed by atoms with Gasteiger partial charge < -0.3 is 14.8 Å². The largest absolute Gasteiger partial charge is 0.461 e. The third kappa shape index (κ3) is 5.90. The third-order valence-electron chi connectivity index (χ3n) is 3.79. The highest BCUT2D eigenvalue weighted by Crippen LogP contribution is 2.14. The average Bonchev–Trinajstić information content (AvgIpc) is 3.27. The minimum atomic E-state index is -0.828. The van der Waals surface area contributed by atoms with Crippen molar-refractivity contribution in [3.05, 3.63) is 77.6 Å². The molecule has 2 aromatic carbocycles. The van der Waals surface area contributed by atoms with Crippen molar-refractivity contribution in [1.82, 2.24) is 25.9 Å². The first kappa shape index (κ1) is 19.0. The fourth-order valence-corrected chi connectivity index (χ4v) is 2.39. The van der Waals surface area contributed by atoms with Crippen molar-refractivity contribution in [2.45, 2.75) is 25.7 Å². The second-order valence-electron chi connectivity index (χ2n) is 5.88. The number of ether oxygens (including phenoxy) is 2. The molecule has 0 aliphatic heterocycles. The lowest BCUT2D eigenvalue weighted by atomic mass is 10.2.